The minimum Gasteiger partial charge on any atom is -0.292 e. The van der Waals surface area contributed by atoms with E-state index in [-0.39, 0.29) is 0 Å². The Labute approximate surface area is 306 Å². The third-order valence-electron chi connectivity index (χ3n) is 9.80. The Balaban J connectivity index is 1.24. The van der Waals surface area contributed by atoms with Gasteiger partial charge >= 0.3 is 0 Å². The van der Waals surface area contributed by atoms with E-state index in [4.69, 9.17) is 19.9 Å². The van der Waals surface area contributed by atoms with Gasteiger partial charge in [0.05, 0.1) is 33.6 Å². The second-order valence-corrected chi connectivity index (χ2v) is 13.1. The van der Waals surface area contributed by atoms with Crippen LogP contribution in [-0.4, -0.2) is 24.5 Å². The summed E-state index contributed by atoms with van der Waals surface area (Å²) in [6.07, 6.45) is 0. The van der Waals surface area contributed by atoms with E-state index in [0.29, 0.717) is 5.82 Å². The van der Waals surface area contributed by atoms with E-state index in [2.05, 4.69) is 138 Å². The van der Waals surface area contributed by atoms with Crippen LogP contribution in [0.5, 0.6) is 0 Å². The fourth-order valence-electron chi connectivity index (χ4n) is 7.31. The summed E-state index contributed by atoms with van der Waals surface area (Å²) in [5.41, 5.74) is 11.5. The van der Waals surface area contributed by atoms with Gasteiger partial charge in [0.1, 0.15) is 5.82 Å². The first-order chi connectivity index (χ1) is 26.3. The van der Waals surface area contributed by atoms with Crippen LogP contribution < -0.4 is 0 Å². The number of imidazole rings is 1. The first kappa shape index (κ1) is 30.6. The maximum atomic E-state index is 5.45. The van der Waals surface area contributed by atoms with Crippen LogP contribution in [0.4, 0.5) is 0 Å². The zero-order valence-electron chi connectivity index (χ0n) is 28.6. The summed E-state index contributed by atoms with van der Waals surface area (Å²) in [4.78, 5) is 21.1. The summed E-state index contributed by atoms with van der Waals surface area (Å²) in [5.74, 6) is 1.54. The van der Waals surface area contributed by atoms with Gasteiger partial charge in [-0.2, -0.15) is 0 Å². The number of aromatic nitrogens is 5. The van der Waals surface area contributed by atoms with Gasteiger partial charge in [-0.25, -0.2) is 19.9 Å². The number of pyridine rings is 1. The highest BCUT2D eigenvalue weighted by Gasteiger charge is 2.21. The van der Waals surface area contributed by atoms with Crippen molar-refractivity contribution in [3.05, 3.63) is 188 Å². The third kappa shape index (κ3) is 5.43. The fraction of sp³-hybridized carbons (Fsp3) is 0. The maximum Gasteiger partial charge on any atom is 0.160 e. The van der Waals surface area contributed by atoms with E-state index in [0.717, 1.165) is 89.1 Å². The van der Waals surface area contributed by atoms with E-state index < -0.39 is 0 Å². The molecular formula is C48H31N5. The van der Waals surface area contributed by atoms with Crippen LogP contribution >= 0.6 is 0 Å². The van der Waals surface area contributed by atoms with Crippen molar-refractivity contribution in [3.63, 3.8) is 0 Å². The van der Waals surface area contributed by atoms with Crippen LogP contribution in [0.1, 0.15) is 0 Å². The number of benzene rings is 7. The molecule has 0 aliphatic carbocycles. The summed E-state index contributed by atoms with van der Waals surface area (Å²) in [6, 6.07) is 64.7. The first-order valence-corrected chi connectivity index (χ1v) is 17.7. The Morgan fingerprint density at radius 1 is 0.377 bits per heavy atom. The van der Waals surface area contributed by atoms with Crippen LogP contribution in [0.25, 0.3) is 94.9 Å². The smallest absolute Gasteiger partial charge is 0.160 e. The Hall–Kier alpha value is -7.24. The van der Waals surface area contributed by atoms with Gasteiger partial charge in [-0.3, -0.25) is 4.57 Å². The van der Waals surface area contributed by atoms with Crippen LogP contribution in [0.15, 0.2) is 188 Å². The maximum absolute atomic E-state index is 5.45. The lowest BCUT2D eigenvalue weighted by molar-refractivity contribution is 1.10. The average molecular weight is 678 g/mol. The molecule has 7 aromatic carbocycles. The van der Waals surface area contributed by atoms with Crippen LogP contribution in [-0.2, 0) is 0 Å². The first-order valence-electron chi connectivity index (χ1n) is 17.7. The van der Waals surface area contributed by atoms with Crippen molar-refractivity contribution in [3.8, 4) is 62.2 Å². The lowest BCUT2D eigenvalue weighted by Crippen LogP contribution is -1.97. The van der Waals surface area contributed by atoms with Gasteiger partial charge in [-0.1, -0.05) is 152 Å². The lowest BCUT2D eigenvalue weighted by Gasteiger charge is -2.13. The molecule has 0 bridgehead atoms. The molecule has 53 heavy (non-hydrogen) atoms. The van der Waals surface area contributed by atoms with E-state index in [9.17, 15) is 0 Å². The molecule has 3 heterocycles. The number of rotatable bonds is 6. The van der Waals surface area contributed by atoms with Crippen molar-refractivity contribution in [1.29, 1.82) is 0 Å². The molecule has 0 spiro atoms. The minimum atomic E-state index is 0.655. The quantitative estimate of drug-likeness (QED) is 0.164. The molecule has 0 atom stereocenters. The summed E-state index contributed by atoms with van der Waals surface area (Å²) >= 11 is 0. The molecule has 248 valence electrons. The molecule has 0 radical (unpaired) electrons. The Morgan fingerprint density at radius 2 is 0.943 bits per heavy atom. The monoisotopic (exact) mass is 677 g/mol. The van der Waals surface area contributed by atoms with Crippen molar-refractivity contribution >= 4 is 32.7 Å². The molecule has 0 aliphatic heterocycles. The Kier molecular flexibility index (Phi) is 7.40. The minimum absolute atomic E-state index is 0.655. The van der Waals surface area contributed by atoms with Crippen LogP contribution in [0.2, 0.25) is 0 Å². The summed E-state index contributed by atoms with van der Waals surface area (Å²) in [6.45, 7) is 0. The van der Waals surface area contributed by atoms with E-state index in [1.165, 1.54) is 0 Å². The number of hydrogen-bond donors (Lipinski definition) is 0. The Morgan fingerprint density at radius 3 is 1.62 bits per heavy atom. The van der Waals surface area contributed by atoms with Gasteiger partial charge < -0.3 is 0 Å². The van der Waals surface area contributed by atoms with Crippen molar-refractivity contribution < 1.29 is 0 Å². The highest BCUT2D eigenvalue weighted by atomic mass is 15.1. The van der Waals surface area contributed by atoms with Crippen LogP contribution in [0.3, 0.4) is 0 Å². The fourth-order valence-corrected chi connectivity index (χ4v) is 7.31. The Bertz CT molecular complexity index is 2860. The van der Waals surface area contributed by atoms with E-state index in [1.807, 2.05) is 54.6 Å². The molecule has 0 unspecified atom stereocenters. The predicted molar refractivity (Wildman–Crippen MR) is 217 cm³/mol. The highest BCUT2D eigenvalue weighted by Crippen LogP contribution is 2.40. The predicted octanol–water partition coefficient (Wildman–Crippen LogP) is 11.9. The summed E-state index contributed by atoms with van der Waals surface area (Å²) in [5, 5.41) is 3.20. The molecule has 10 rings (SSSR count). The number of fused-ring (bicyclic) bond motifs is 5. The van der Waals surface area contributed by atoms with Crippen molar-refractivity contribution in [1.82, 2.24) is 24.5 Å². The SMILES string of the molecule is c1ccc(-c2cc(-c3ccccc3)nc(-c3cccc(-c4nc5ccccc5c5ccc6c(nc(-c7ccccc7)n6-c6ccccc6)c45)c3)n2)cc1. The average Bonchev–Trinajstić information content (AvgIpc) is 3.65. The largest absolute Gasteiger partial charge is 0.292 e. The molecule has 5 heteroatoms. The zero-order valence-corrected chi connectivity index (χ0v) is 28.6. The zero-order chi connectivity index (χ0) is 35.1. The molecule has 10 aromatic rings. The molecule has 3 aromatic heterocycles. The normalized spacial score (nSPS) is 11.4. The number of nitrogens with zero attached hydrogens (tertiary/aromatic N) is 5. The van der Waals surface area contributed by atoms with Gasteiger partial charge in [-0.05, 0) is 41.8 Å². The van der Waals surface area contributed by atoms with Gasteiger partial charge in [0, 0.05) is 44.3 Å². The van der Waals surface area contributed by atoms with Crippen LogP contribution in [0, 0.1) is 0 Å². The molecule has 0 saturated carbocycles. The standard InChI is InChI=1S/C48H31N5/c1-5-16-32(17-6-1)41-31-42(33-18-7-2-8-19-33)51-47(50-41)36-23-15-22-35(30-36)45-44-39(38-26-13-14-27-40(38)49-45)28-29-43-46(44)52-48(34-20-9-3-10-21-34)53(43)37-24-11-4-12-25-37/h1-31H. The molecule has 0 saturated heterocycles. The topological polar surface area (TPSA) is 56.5 Å². The molecule has 0 fully saturated rings. The van der Waals surface area contributed by atoms with Crippen molar-refractivity contribution in [2.45, 2.75) is 0 Å². The number of para-hydroxylation sites is 2. The third-order valence-corrected chi connectivity index (χ3v) is 9.80. The molecule has 5 nitrogen and oxygen atoms in total. The lowest BCUT2D eigenvalue weighted by atomic mass is 9.97. The van der Waals surface area contributed by atoms with Gasteiger partial charge in [0.15, 0.2) is 5.82 Å². The van der Waals surface area contributed by atoms with Gasteiger partial charge in [0.2, 0.25) is 0 Å². The molecule has 0 amide bonds. The van der Waals surface area contributed by atoms with Gasteiger partial charge in [-0.15, -0.1) is 0 Å². The number of hydrogen-bond acceptors (Lipinski definition) is 4. The second kappa shape index (κ2) is 12.8. The molecular weight excluding hydrogens is 647 g/mol. The highest BCUT2D eigenvalue weighted by molar-refractivity contribution is 6.20. The second-order valence-electron chi connectivity index (χ2n) is 13.1. The van der Waals surface area contributed by atoms with Crippen molar-refractivity contribution in [2.75, 3.05) is 0 Å². The van der Waals surface area contributed by atoms with E-state index in [1.54, 1.807) is 0 Å². The van der Waals surface area contributed by atoms with E-state index >= 15 is 0 Å². The molecule has 0 N–H and O–H groups in total. The molecule has 0 aliphatic rings. The van der Waals surface area contributed by atoms with Gasteiger partial charge in [0.25, 0.3) is 0 Å². The summed E-state index contributed by atoms with van der Waals surface area (Å²) in [7, 11) is 0. The summed E-state index contributed by atoms with van der Waals surface area (Å²) < 4.78 is 2.26. The van der Waals surface area contributed by atoms with Crippen molar-refractivity contribution in [2.24, 2.45) is 0 Å².